The zero-order valence-corrected chi connectivity index (χ0v) is 12.1. The largest absolute Gasteiger partial charge is 0.338 e. The van der Waals surface area contributed by atoms with Crippen LogP contribution in [0.1, 0.15) is 27.7 Å². The second-order valence-electron chi connectivity index (χ2n) is 4.92. The van der Waals surface area contributed by atoms with Crippen LogP contribution in [0.15, 0.2) is 0 Å². The molecule has 0 bridgehead atoms. The predicted molar refractivity (Wildman–Crippen MR) is 71.6 cm³/mol. The van der Waals surface area contributed by atoms with Crippen molar-refractivity contribution in [1.29, 1.82) is 0 Å². The average molecular weight is 247 g/mol. The van der Waals surface area contributed by atoms with Gasteiger partial charge in [-0.2, -0.15) is 0 Å². The third kappa shape index (κ3) is 6.23. The molecular formula is C11H25N3OS. The van der Waals surface area contributed by atoms with Gasteiger partial charge in [0.25, 0.3) is 0 Å². The number of carbonyl (C=O) groups excluding carboxylic acids is 1. The van der Waals surface area contributed by atoms with E-state index in [1.165, 1.54) is 0 Å². The first-order valence-corrected chi connectivity index (χ1v) is 6.79. The van der Waals surface area contributed by atoms with Gasteiger partial charge in [-0.1, -0.05) is 32.7 Å². The van der Waals surface area contributed by atoms with Crippen molar-refractivity contribution in [2.45, 2.75) is 33.7 Å². The van der Waals surface area contributed by atoms with Crippen molar-refractivity contribution in [2.24, 2.45) is 5.41 Å². The summed E-state index contributed by atoms with van der Waals surface area (Å²) < 4.78 is 2.13. The van der Waals surface area contributed by atoms with Crippen LogP contribution in [0.3, 0.4) is 0 Å². The zero-order valence-electron chi connectivity index (χ0n) is 11.3. The van der Waals surface area contributed by atoms with E-state index in [2.05, 4.69) is 35.7 Å². The summed E-state index contributed by atoms with van der Waals surface area (Å²) in [6.07, 6.45) is 2.03. The number of hydrogen-bond donors (Lipinski definition) is 2. The summed E-state index contributed by atoms with van der Waals surface area (Å²) in [5.41, 5.74) is 0.0507. The Labute approximate surface area is 104 Å². The molecule has 4 nitrogen and oxygen atoms in total. The van der Waals surface area contributed by atoms with E-state index in [9.17, 15) is 4.79 Å². The maximum atomic E-state index is 11.5. The van der Waals surface area contributed by atoms with Crippen LogP contribution < -0.4 is 10.6 Å². The Bertz CT molecular complexity index is 216. The molecule has 0 aromatic carbocycles. The van der Waals surface area contributed by atoms with Gasteiger partial charge >= 0.3 is 6.03 Å². The minimum absolute atomic E-state index is 0.0507. The van der Waals surface area contributed by atoms with Crippen molar-refractivity contribution in [3.05, 3.63) is 0 Å². The molecule has 2 N–H and O–H groups in total. The van der Waals surface area contributed by atoms with Crippen LogP contribution in [-0.2, 0) is 0 Å². The minimum Gasteiger partial charge on any atom is -0.338 e. The van der Waals surface area contributed by atoms with Crippen LogP contribution in [0.2, 0.25) is 0 Å². The molecule has 16 heavy (non-hydrogen) atoms. The Hall–Kier alpha value is -0.420. The highest BCUT2D eigenvalue weighted by molar-refractivity contribution is 7.96. The molecule has 0 aromatic rings. The van der Waals surface area contributed by atoms with E-state index >= 15 is 0 Å². The predicted octanol–water partition coefficient (Wildman–Crippen LogP) is 1.93. The van der Waals surface area contributed by atoms with Crippen molar-refractivity contribution in [3.8, 4) is 0 Å². The number of nitrogens with zero attached hydrogens (tertiary/aromatic N) is 1. The van der Waals surface area contributed by atoms with Crippen LogP contribution in [0.4, 0.5) is 4.79 Å². The standard InChI is InChI=1S/C11H25N3OS/c1-7-12-10(15)13-9(11(2,3)4)8-14(5)16-6/h9H,7-8H2,1-6H3,(H2,12,13,15). The van der Waals surface area contributed by atoms with Crippen LogP contribution in [0.25, 0.3) is 0 Å². The molecule has 0 saturated heterocycles. The molecule has 1 atom stereocenters. The summed E-state index contributed by atoms with van der Waals surface area (Å²) in [7, 11) is 2.03. The lowest BCUT2D eigenvalue weighted by molar-refractivity contribution is 0.210. The molecule has 0 spiro atoms. The van der Waals surface area contributed by atoms with Gasteiger partial charge in [-0.3, -0.25) is 4.31 Å². The van der Waals surface area contributed by atoms with Gasteiger partial charge in [-0.15, -0.1) is 0 Å². The fourth-order valence-electron chi connectivity index (χ4n) is 1.24. The topological polar surface area (TPSA) is 44.4 Å². The Morgan fingerprint density at radius 2 is 2.00 bits per heavy atom. The van der Waals surface area contributed by atoms with Crippen molar-refractivity contribution in [1.82, 2.24) is 14.9 Å². The maximum Gasteiger partial charge on any atom is 0.315 e. The van der Waals surface area contributed by atoms with E-state index in [1.807, 2.05) is 20.2 Å². The second-order valence-corrected chi connectivity index (χ2v) is 5.90. The first-order chi connectivity index (χ1) is 7.31. The maximum absolute atomic E-state index is 11.5. The number of hydrogen-bond acceptors (Lipinski definition) is 3. The van der Waals surface area contributed by atoms with Crippen molar-refractivity contribution in [2.75, 3.05) is 26.4 Å². The van der Waals surface area contributed by atoms with Gasteiger partial charge in [0.1, 0.15) is 0 Å². The minimum atomic E-state index is -0.0862. The number of carbonyl (C=O) groups is 1. The number of urea groups is 1. The Morgan fingerprint density at radius 1 is 1.44 bits per heavy atom. The Balaban J connectivity index is 4.38. The third-order valence-corrected chi connectivity index (χ3v) is 3.21. The zero-order chi connectivity index (χ0) is 12.8. The van der Waals surface area contributed by atoms with E-state index < -0.39 is 0 Å². The molecule has 2 amide bonds. The molecule has 0 saturated carbocycles. The monoisotopic (exact) mass is 247 g/mol. The first kappa shape index (κ1) is 15.6. The molecule has 0 aliphatic heterocycles. The van der Waals surface area contributed by atoms with Crippen molar-refractivity contribution < 1.29 is 4.79 Å². The van der Waals surface area contributed by atoms with Crippen LogP contribution >= 0.6 is 11.9 Å². The number of amides is 2. The highest BCUT2D eigenvalue weighted by Crippen LogP contribution is 2.21. The van der Waals surface area contributed by atoms with E-state index in [4.69, 9.17) is 0 Å². The average Bonchev–Trinajstić information content (AvgIpc) is 2.15. The molecule has 1 unspecified atom stereocenters. The summed E-state index contributed by atoms with van der Waals surface area (Å²) in [5.74, 6) is 0. The lowest BCUT2D eigenvalue weighted by Crippen LogP contribution is -2.52. The van der Waals surface area contributed by atoms with E-state index in [0.717, 1.165) is 6.54 Å². The van der Waals surface area contributed by atoms with Gasteiger partial charge in [-0.05, 0) is 25.6 Å². The number of nitrogens with one attached hydrogen (secondary N) is 2. The normalized spacial score (nSPS) is 13.7. The van der Waals surface area contributed by atoms with E-state index in [1.54, 1.807) is 11.9 Å². The summed E-state index contributed by atoms with van der Waals surface area (Å²) in [6, 6.07) is 0.0495. The first-order valence-electron chi connectivity index (χ1n) is 5.60. The van der Waals surface area contributed by atoms with Gasteiger partial charge in [0.2, 0.25) is 0 Å². The van der Waals surface area contributed by atoms with Gasteiger partial charge in [0, 0.05) is 19.1 Å². The van der Waals surface area contributed by atoms with E-state index in [-0.39, 0.29) is 17.5 Å². The molecule has 0 fully saturated rings. The second kappa shape index (κ2) is 7.01. The van der Waals surface area contributed by atoms with Crippen molar-refractivity contribution >= 4 is 18.0 Å². The van der Waals surface area contributed by atoms with Gasteiger partial charge < -0.3 is 10.6 Å². The summed E-state index contributed by atoms with van der Waals surface area (Å²) in [5, 5.41) is 5.78. The lowest BCUT2D eigenvalue weighted by atomic mass is 9.87. The number of likely N-dealkylation sites (N-methyl/N-ethyl adjacent to an activating group) is 1. The number of rotatable bonds is 5. The van der Waals surface area contributed by atoms with Gasteiger partial charge in [0.05, 0.1) is 0 Å². The third-order valence-electron chi connectivity index (χ3n) is 2.44. The molecule has 96 valence electrons. The lowest BCUT2D eigenvalue weighted by Gasteiger charge is -2.33. The van der Waals surface area contributed by atoms with Crippen LogP contribution in [0, 0.1) is 5.41 Å². The molecule has 0 aromatic heterocycles. The molecule has 0 rings (SSSR count). The highest BCUT2D eigenvalue weighted by Gasteiger charge is 2.27. The van der Waals surface area contributed by atoms with E-state index in [0.29, 0.717) is 6.54 Å². The quantitative estimate of drug-likeness (QED) is 0.730. The smallest absolute Gasteiger partial charge is 0.315 e. The summed E-state index contributed by atoms with van der Waals surface area (Å²) in [4.78, 5) is 11.5. The van der Waals surface area contributed by atoms with Crippen LogP contribution in [0.5, 0.6) is 0 Å². The molecule has 0 aliphatic rings. The van der Waals surface area contributed by atoms with Crippen molar-refractivity contribution in [3.63, 3.8) is 0 Å². The Kier molecular flexibility index (Phi) is 6.83. The molecular weight excluding hydrogens is 222 g/mol. The SMILES string of the molecule is CCNC(=O)NC(CN(C)SC)C(C)(C)C. The Morgan fingerprint density at radius 3 is 2.38 bits per heavy atom. The summed E-state index contributed by atoms with van der Waals surface area (Å²) in [6.45, 7) is 9.82. The highest BCUT2D eigenvalue weighted by atomic mass is 32.2. The molecule has 0 heterocycles. The fraction of sp³-hybridized carbons (Fsp3) is 0.909. The van der Waals surface area contributed by atoms with Gasteiger partial charge in [0.15, 0.2) is 0 Å². The van der Waals surface area contributed by atoms with Crippen LogP contribution in [-0.4, -0.2) is 42.8 Å². The van der Waals surface area contributed by atoms with Gasteiger partial charge in [-0.25, -0.2) is 4.79 Å². The summed E-state index contributed by atoms with van der Waals surface area (Å²) >= 11 is 1.67. The molecule has 5 heteroatoms. The fourth-order valence-corrected chi connectivity index (χ4v) is 1.54. The molecule has 0 radical (unpaired) electrons. The molecule has 0 aliphatic carbocycles.